The van der Waals surface area contributed by atoms with E-state index in [0.717, 1.165) is 48.7 Å². The Kier molecular flexibility index (Phi) is 8.87. The van der Waals surface area contributed by atoms with Crippen molar-refractivity contribution < 1.29 is 4.79 Å². The van der Waals surface area contributed by atoms with Gasteiger partial charge in [-0.3, -0.25) is 4.79 Å². The molecule has 0 radical (unpaired) electrons. The van der Waals surface area contributed by atoms with Gasteiger partial charge in [-0.15, -0.1) is 0 Å². The summed E-state index contributed by atoms with van der Waals surface area (Å²) in [4.78, 5) is 24.6. The normalized spacial score (nSPS) is 15.8. The molecule has 1 atom stereocenters. The fourth-order valence-corrected chi connectivity index (χ4v) is 4.28. The van der Waals surface area contributed by atoms with Crippen LogP contribution in [0.25, 0.3) is 5.69 Å². The first-order chi connectivity index (χ1) is 16.7. The fraction of sp³-hybridized carbons (Fsp3) is 0.444. The molecule has 8 heteroatoms. The van der Waals surface area contributed by atoms with Gasteiger partial charge in [0.15, 0.2) is 0 Å². The molecule has 1 aliphatic rings. The maximum atomic E-state index is 13.9. The minimum atomic E-state index is -0.0522. The number of aromatic nitrogens is 2. The van der Waals surface area contributed by atoms with Crippen molar-refractivity contribution in [1.82, 2.24) is 24.9 Å². The van der Waals surface area contributed by atoms with Crippen molar-refractivity contribution in [3.8, 4) is 5.69 Å². The smallest absolute Gasteiger partial charge is 0.261 e. The zero-order chi connectivity index (χ0) is 25.5. The summed E-state index contributed by atoms with van der Waals surface area (Å²) in [5.41, 5.74) is 4.52. The topological polar surface area (TPSA) is 69.0 Å². The second kappa shape index (κ2) is 11.8. The van der Waals surface area contributed by atoms with E-state index in [1.807, 2.05) is 67.3 Å². The van der Waals surface area contributed by atoms with E-state index in [-0.39, 0.29) is 11.8 Å². The van der Waals surface area contributed by atoms with Gasteiger partial charge >= 0.3 is 0 Å². The molecule has 0 saturated carbocycles. The van der Waals surface area contributed by atoms with Crippen LogP contribution < -0.4 is 10.2 Å². The van der Waals surface area contributed by atoms with E-state index in [1.54, 1.807) is 6.21 Å². The number of amides is 1. The van der Waals surface area contributed by atoms with E-state index in [4.69, 9.17) is 0 Å². The Labute approximate surface area is 209 Å². The molecular weight excluding hydrogens is 438 g/mol. The van der Waals surface area contributed by atoms with Crippen molar-refractivity contribution in [3.05, 3.63) is 65.9 Å². The molecule has 1 amide bonds. The molecule has 0 aliphatic carbocycles. The fourth-order valence-electron chi connectivity index (χ4n) is 4.28. The Balaban J connectivity index is 1.99. The molecule has 35 heavy (non-hydrogen) atoms. The average molecular weight is 478 g/mol. The molecule has 0 saturated heterocycles. The van der Waals surface area contributed by atoms with E-state index >= 15 is 0 Å². The second-order valence-electron chi connectivity index (χ2n) is 9.27. The molecule has 188 valence electrons. The van der Waals surface area contributed by atoms with Crippen molar-refractivity contribution in [2.45, 2.75) is 33.7 Å². The van der Waals surface area contributed by atoms with Crippen LogP contribution in [0.2, 0.25) is 0 Å². The van der Waals surface area contributed by atoms with Gasteiger partial charge in [0, 0.05) is 62.6 Å². The summed E-state index contributed by atoms with van der Waals surface area (Å²) < 4.78 is 1.86. The third-order valence-corrected chi connectivity index (χ3v) is 6.17. The molecule has 1 aromatic heterocycles. The van der Waals surface area contributed by atoms with Gasteiger partial charge in [0.1, 0.15) is 5.82 Å². The molecule has 2 aromatic rings. The Morgan fingerprint density at radius 3 is 2.71 bits per heavy atom. The summed E-state index contributed by atoms with van der Waals surface area (Å²) in [6, 6.07) is 7.98. The lowest BCUT2D eigenvalue weighted by Crippen LogP contribution is -2.34. The lowest BCUT2D eigenvalue weighted by atomic mass is 9.98. The molecular formula is C27H39N7O. The number of carbonyl (C=O) groups excluding carboxylic acids is 1. The van der Waals surface area contributed by atoms with Crippen molar-refractivity contribution in [1.29, 1.82) is 0 Å². The molecule has 0 bridgehead atoms. The quantitative estimate of drug-likeness (QED) is 0.529. The third kappa shape index (κ3) is 6.39. The Hall–Kier alpha value is -3.39. The van der Waals surface area contributed by atoms with Crippen LogP contribution in [0.1, 0.15) is 32.8 Å². The molecule has 0 fully saturated rings. The monoisotopic (exact) mass is 477 g/mol. The van der Waals surface area contributed by atoms with Crippen LogP contribution in [0, 0.1) is 5.92 Å². The van der Waals surface area contributed by atoms with E-state index in [2.05, 4.69) is 52.7 Å². The lowest BCUT2D eigenvalue weighted by molar-refractivity contribution is -0.114. The number of anilines is 1. The summed E-state index contributed by atoms with van der Waals surface area (Å²) >= 11 is 0. The highest BCUT2D eigenvalue weighted by molar-refractivity contribution is 6.19. The minimum Gasteiger partial charge on any atom is -0.375 e. The van der Waals surface area contributed by atoms with Crippen LogP contribution in [-0.4, -0.2) is 72.5 Å². The number of carbonyl (C=O) groups is 1. The second-order valence-corrected chi connectivity index (χ2v) is 9.27. The maximum absolute atomic E-state index is 13.9. The summed E-state index contributed by atoms with van der Waals surface area (Å²) in [6.07, 6.45) is 6.52. The van der Waals surface area contributed by atoms with Gasteiger partial charge in [-0.05, 0) is 51.6 Å². The van der Waals surface area contributed by atoms with Crippen molar-refractivity contribution in [3.63, 3.8) is 0 Å². The zero-order valence-electron chi connectivity index (χ0n) is 22.0. The summed E-state index contributed by atoms with van der Waals surface area (Å²) in [5, 5.41) is 7.63. The highest BCUT2D eigenvalue weighted by Crippen LogP contribution is 2.28. The number of allylic oxidation sites excluding steroid dienone is 1. The number of hydrogen-bond acceptors (Lipinski definition) is 6. The number of benzene rings is 1. The number of rotatable bonds is 10. The van der Waals surface area contributed by atoms with Crippen LogP contribution in [0.3, 0.4) is 0 Å². The SMILES string of the molecule is C=C(/N=C\C1=C(C(C)CC)N(C)CCN(c2cccc(-n3cc(CN(C)C)cn3)c2)C1=O)NCC. The lowest BCUT2D eigenvalue weighted by Gasteiger charge is -2.26. The van der Waals surface area contributed by atoms with Crippen LogP contribution in [-0.2, 0) is 11.3 Å². The zero-order valence-corrected chi connectivity index (χ0v) is 22.0. The summed E-state index contributed by atoms with van der Waals surface area (Å²) in [5.74, 6) is 0.718. The van der Waals surface area contributed by atoms with Crippen LogP contribution in [0.15, 0.2) is 65.3 Å². The van der Waals surface area contributed by atoms with E-state index in [0.29, 0.717) is 17.9 Å². The molecule has 1 aromatic carbocycles. The van der Waals surface area contributed by atoms with E-state index in [9.17, 15) is 4.79 Å². The van der Waals surface area contributed by atoms with Gasteiger partial charge in [0.05, 0.1) is 17.5 Å². The first-order valence-electron chi connectivity index (χ1n) is 12.3. The minimum absolute atomic E-state index is 0.0522. The van der Waals surface area contributed by atoms with Crippen LogP contribution >= 0.6 is 0 Å². The van der Waals surface area contributed by atoms with E-state index in [1.165, 1.54) is 0 Å². The summed E-state index contributed by atoms with van der Waals surface area (Å²) in [7, 11) is 6.13. The number of nitrogens with one attached hydrogen (secondary N) is 1. The first kappa shape index (κ1) is 26.2. The first-order valence-corrected chi connectivity index (χ1v) is 12.3. The molecule has 2 heterocycles. The molecule has 1 N–H and O–H groups in total. The molecule has 3 rings (SSSR count). The third-order valence-electron chi connectivity index (χ3n) is 6.17. The predicted molar refractivity (Wildman–Crippen MR) is 144 cm³/mol. The van der Waals surface area contributed by atoms with Gasteiger partial charge in [-0.1, -0.05) is 26.5 Å². The summed E-state index contributed by atoms with van der Waals surface area (Å²) in [6.45, 7) is 13.1. The Bertz CT molecular complexity index is 1100. The van der Waals surface area contributed by atoms with E-state index < -0.39 is 0 Å². The standard InChI is InChI=1S/C27H39N7O/c1-8-20(3)26-25(17-29-21(4)28-9-2)27(35)33(14-13-32(26)7)23-11-10-12-24(15-23)34-19-22(16-30-34)18-31(5)6/h10-12,15-17,19-20,28H,4,8-9,13-14,18H2,1-3,5-7H3/b29-17-. The van der Waals surface area contributed by atoms with Gasteiger partial charge in [-0.25, -0.2) is 9.67 Å². The largest absolute Gasteiger partial charge is 0.375 e. The van der Waals surface area contributed by atoms with Crippen LogP contribution in [0.4, 0.5) is 5.69 Å². The predicted octanol–water partition coefficient (Wildman–Crippen LogP) is 3.66. The Morgan fingerprint density at radius 2 is 2.03 bits per heavy atom. The number of nitrogens with zero attached hydrogens (tertiary/aromatic N) is 6. The van der Waals surface area contributed by atoms with Crippen molar-refractivity contribution >= 4 is 17.8 Å². The average Bonchev–Trinajstić information content (AvgIpc) is 3.24. The highest BCUT2D eigenvalue weighted by Gasteiger charge is 2.30. The number of hydrogen-bond donors (Lipinski definition) is 1. The van der Waals surface area contributed by atoms with Crippen molar-refractivity contribution in [2.75, 3.05) is 45.7 Å². The van der Waals surface area contributed by atoms with Gasteiger partial charge in [0.2, 0.25) is 0 Å². The molecule has 1 unspecified atom stereocenters. The number of aliphatic imine (C=N–C) groups is 1. The van der Waals surface area contributed by atoms with Gasteiger partial charge in [-0.2, -0.15) is 5.10 Å². The number of likely N-dealkylation sites (N-methyl/N-ethyl adjacent to an activating group) is 1. The van der Waals surface area contributed by atoms with Gasteiger partial charge in [0.25, 0.3) is 5.91 Å². The van der Waals surface area contributed by atoms with Crippen molar-refractivity contribution in [2.24, 2.45) is 10.9 Å². The highest BCUT2D eigenvalue weighted by atomic mass is 16.2. The molecule has 0 spiro atoms. The van der Waals surface area contributed by atoms with Crippen LogP contribution in [0.5, 0.6) is 0 Å². The molecule has 1 aliphatic heterocycles. The van der Waals surface area contributed by atoms with Gasteiger partial charge < -0.3 is 20.0 Å². The maximum Gasteiger partial charge on any atom is 0.261 e. The molecule has 8 nitrogen and oxygen atoms in total. The Morgan fingerprint density at radius 1 is 1.29 bits per heavy atom.